The highest BCUT2D eigenvalue weighted by Crippen LogP contribution is 2.38. The van der Waals surface area contributed by atoms with Crippen molar-refractivity contribution in [2.75, 3.05) is 13.7 Å². The third-order valence-corrected chi connectivity index (χ3v) is 5.96. The highest BCUT2D eigenvalue weighted by atomic mass is 16.5. The Kier molecular flexibility index (Phi) is 4.78. The molecule has 2 aromatic carbocycles. The van der Waals surface area contributed by atoms with E-state index in [9.17, 15) is 4.79 Å². The number of hydrogen-bond acceptors (Lipinski definition) is 5. The summed E-state index contributed by atoms with van der Waals surface area (Å²) in [6, 6.07) is 15.7. The molecule has 0 amide bonds. The molecule has 0 unspecified atom stereocenters. The van der Waals surface area contributed by atoms with E-state index >= 15 is 0 Å². The molecule has 0 bridgehead atoms. The first-order chi connectivity index (χ1) is 15.5. The van der Waals surface area contributed by atoms with Gasteiger partial charge in [-0.05, 0) is 67.3 Å². The van der Waals surface area contributed by atoms with E-state index in [-0.39, 0.29) is 5.69 Å². The fourth-order valence-corrected chi connectivity index (χ4v) is 4.49. The fraction of sp³-hybridized carbons (Fsp3) is 0.192. The number of carbonyl (C=O) groups is 1. The van der Waals surface area contributed by atoms with Crippen molar-refractivity contribution in [2.45, 2.75) is 13.8 Å². The quantitative estimate of drug-likeness (QED) is 0.359. The van der Waals surface area contributed by atoms with Crippen molar-refractivity contribution in [2.24, 2.45) is 7.05 Å². The lowest BCUT2D eigenvalue weighted by Gasteiger charge is -2.11. The monoisotopic (exact) mass is 425 g/mol. The van der Waals surface area contributed by atoms with Gasteiger partial charge in [0.25, 0.3) is 0 Å². The molecule has 0 aliphatic heterocycles. The summed E-state index contributed by atoms with van der Waals surface area (Å²) in [6.45, 7) is 4.22. The predicted octanol–water partition coefficient (Wildman–Crippen LogP) is 5.44. The zero-order chi connectivity index (χ0) is 22.4. The molecule has 5 aromatic rings. The number of rotatable bonds is 4. The maximum absolute atomic E-state index is 12.2. The lowest BCUT2D eigenvalue weighted by atomic mass is 9.99. The number of ether oxygens (including phenoxy) is 2. The van der Waals surface area contributed by atoms with Crippen LogP contribution in [0.5, 0.6) is 5.75 Å². The molecule has 6 nitrogen and oxygen atoms in total. The maximum atomic E-state index is 12.2. The Hall–Kier alpha value is -3.93. The summed E-state index contributed by atoms with van der Waals surface area (Å²) < 4.78 is 12.8. The van der Waals surface area contributed by atoms with E-state index in [2.05, 4.69) is 46.7 Å². The van der Waals surface area contributed by atoms with Crippen molar-refractivity contribution >= 4 is 38.5 Å². The van der Waals surface area contributed by atoms with E-state index in [4.69, 9.17) is 9.47 Å². The molecule has 0 radical (unpaired) electrons. The standard InChI is InChI=1S/C26H23N3O3/c1-5-32-26(30)22-8-6-7-21(28-22)24-19-14-20-18-13-16(31-4)9-10-23(18)29(3)25(20)15(2)17(19)11-12-27-24/h6-14H,5H2,1-4H3. The normalized spacial score (nSPS) is 11.4. The van der Waals surface area contributed by atoms with Gasteiger partial charge in [0.1, 0.15) is 11.4 Å². The number of pyridine rings is 2. The average Bonchev–Trinajstić information content (AvgIpc) is 3.10. The van der Waals surface area contributed by atoms with Crippen molar-refractivity contribution in [3.05, 3.63) is 66.0 Å². The van der Waals surface area contributed by atoms with Crippen LogP contribution in [0, 0.1) is 6.92 Å². The number of methoxy groups -OCH3 is 1. The first-order valence-electron chi connectivity index (χ1n) is 10.5. The number of carbonyl (C=O) groups excluding carboxylic acids is 1. The summed E-state index contributed by atoms with van der Waals surface area (Å²) in [5.41, 5.74) is 5.12. The predicted molar refractivity (Wildman–Crippen MR) is 126 cm³/mol. The summed E-state index contributed by atoms with van der Waals surface area (Å²) >= 11 is 0. The largest absolute Gasteiger partial charge is 0.497 e. The Morgan fingerprint density at radius 3 is 2.66 bits per heavy atom. The summed E-state index contributed by atoms with van der Waals surface area (Å²) in [6.07, 6.45) is 1.79. The maximum Gasteiger partial charge on any atom is 0.356 e. The molecular formula is C26H23N3O3. The first-order valence-corrected chi connectivity index (χ1v) is 10.5. The van der Waals surface area contributed by atoms with Crippen molar-refractivity contribution in [1.29, 1.82) is 0 Å². The van der Waals surface area contributed by atoms with E-state index in [0.717, 1.165) is 38.5 Å². The van der Waals surface area contributed by atoms with E-state index in [1.54, 1.807) is 26.3 Å². The van der Waals surface area contributed by atoms with Crippen LogP contribution < -0.4 is 4.74 Å². The van der Waals surface area contributed by atoms with E-state index < -0.39 is 5.97 Å². The Labute approximate surface area is 185 Å². The number of aryl methyl sites for hydroxylation is 2. The van der Waals surface area contributed by atoms with Gasteiger partial charge in [-0.15, -0.1) is 0 Å². The average molecular weight is 425 g/mol. The number of nitrogens with zero attached hydrogens (tertiary/aromatic N) is 3. The third-order valence-electron chi connectivity index (χ3n) is 5.96. The summed E-state index contributed by atoms with van der Waals surface area (Å²) in [5.74, 6) is 0.382. The third kappa shape index (κ3) is 2.99. The van der Waals surface area contributed by atoms with Crippen LogP contribution in [0.3, 0.4) is 0 Å². The Morgan fingerprint density at radius 1 is 1.03 bits per heavy atom. The van der Waals surface area contributed by atoms with Gasteiger partial charge in [0.2, 0.25) is 0 Å². The zero-order valence-electron chi connectivity index (χ0n) is 18.5. The topological polar surface area (TPSA) is 66.2 Å². The van der Waals surface area contributed by atoms with Gasteiger partial charge in [0, 0.05) is 34.9 Å². The molecule has 0 saturated heterocycles. The minimum Gasteiger partial charge on any atom is -0.497 e. The molecule has 6 heteroatoms. The highest BCUT2D eigenvalue weighted by molar-refractivity contribution is 6.16. The van der Waals surface area contributed by atoms with Gasteiger partial charge in [-0.3, -0.25) is 4.98 Å². The minimum atomic E-state index is -0.436. The molecule has 0 saturated carbocycles. The van der Waals surface area contributed by atoms with Crippen molar-refractivity contribution in [3.8, 4) is 17.1 Å². The lowest BCUT2D eigenvalue weighted by molar-refractivity contribution is 0.0519. The molecule has 0 fully saturated rings. The number of hydrogen-bond donors (Lipinski definition) is 0. The van der Waals surface area contributed by atoms with Gasteiger partial charge >= 0.3 is 5.97 Å². The second-order valence-corrected chi connectivity index (χ2v) is 7.72. The van der Waals surface area contributed by atoms with E-state index in [0.29, 0.717) is 12.3 Å². The number of fused-ring (bicyclic) bond motifs is 4. The Morgan fingerprint density at radius 2 is 1.88 bits per heavy atom. The van der Waals surface area contributed by atoms with Crippen molar-refractivity contribution in [1.82, 2.24) is 14.5 Å². The van der Waals surface area contributed by atoms with E-state index in [1.807, 2.05) is 24.3 Å². The fourth-order valence-electron chi connectivity index (χ4n) is 4.49. The smallest absolute Gasteiger partial charge is 0.356 e. The van der Waals surface area contributed by atoms with Crippen molar-refractivity contribution < 1.29 is 14.3 Å². The molecule has 32 heavy (non-hydrogen) atoms. The van der Waals surface area contributed by atoms with Crippen LogP contribution in [0.4, 0.5) is 0 Å². The second-order valence-electron chi connectivity index (χ2n) is 7.72. The summed E-state index contributed by atoms with van der Waals surface area (Å²) in [7, 11) is 3.76. The van der Waals surface area contributed by atoms with Crippen LogP contribution in [0.25, 0.3) is 44.0 Å². The van der Waals surface area contributed by atoms with Crippen LogP contribution in [0.15, 0.2) is 54.7 Å². The number of esters is 1. The van der Waals surface area contributed by atoms with Gasteiger partial charge in [-0.2, -0.15) is 0 Å². The summed E-state index contributed by atoms with van der Waals surface area (Å²) in [5, 5.41) is 4.34. The Balaban J connectivity index is 1.82. The highest BCUT2D eigenvalue weighted by Gasteiger charge is 2.18. The molecule has 5 rings (SSSR count). The van der Waals surface area contributed by atoms with Crippen LogP contribution in [0.1, 0.15) is 23.0 Å². The molecular weight excluding hydrogens is 402 g/mol. The van der Waals surface area contributed by atoms with Crippen LogP contribution >= 0.6 is 0 Å². The Bertz CT molecular complexity index is 1520. The SMILES string of the molecule is CCOC(=O)c1cccc(-c2nccc3c(C)c4c(cc23)c2cc(OC)ccc2n4C)n1. The molecule has 0 N–H and O–H groups in total. The number of aromatic nitrogens is 3. The molecule has 0 atom stereocenters. The van der Waals surface area contributed by atoms with Gasteiger partial charge < -0.3 is 14.0 Å². The van der Waals surface area contributed by atoms with Crippen molar-refractivity contribution in [3.63, 3.8) is 0 Å². The minimum absolute atomic E-state index is 0.274. The van der Waals surface area contributed by atoms with Gasteiger partial charge in [0.15, 0.2) is 0 Å². The van der Waals surface area contributed by atoms with Gasteiger partial charge in [-0.1, -0.05) is 6.07 Å². The lowest BCUT2D eigenvalue weighted by Crippen LogP contribution is -2.07. The molecule has 0 aliphatic rings. The molecule has 0 aliphatic carbocycles. The van der Waals surface area contributed by atoms with Crippen LogP contribution in [-0.4, -0.2) is 34.2 Å². The number of benzene rings is 2. The molecule has 3 aromatic heterocycles. The first kappa shape index (κ1) is 20.0. The molecule has 0 spiro atoms. The van der Waals surface area contributed by atoms with Gasteiger partial charge in [0.05, 0.1) is 30.6 Å². The molecule has 3 heterocycles. The zero-order valence-corrected chi connectivity index (χ0v) is 18.5. The molecule has 160 valence electrons. The summed E-state index contributed by atoms with van der Waals surface area (Å²) in [4.78, 5) is 21.4. The van der Waals surface area contributed by atoms with Crippen LogP contribution in [-0.2, 0) is 11.8 Å². The van der Waals surface area contributed by atoms with Crippen LogP contribution in [0.2, 0.25) is 0 Å². The second kappa shape index (κ2) is 7.64. The van der Waals surface area contributed by atoms with Gasteiger partial charge in [-0.25, -0.2) is 9.78 Å². The van der Waals surface area contributed by atoms with E-state index in [1.165, 1.54) is 11.1 Å².